The van der Waals surface area contributed by atoms with Crippen LogP contribution in [0.15, 0.2) is 47.5 Å². The Balaban J connectivity index is 1.49. The molecule has 0 aliphatic heterocycles. The number of rotatable bonds is 7. The molecule has 0 radical (unpaired) electrons. The molecule has 3 rings (SSSR count). The number of aromatic nitrogens is 4. The molecule has 25 heavy (non-hydrogen) atoms. The van der Waals surface area contributed by atoms with Gasteiger partial charge in [-0.15, -0.1) is 0 Å². The summed E-state index contributed by atoms with van der Waals surface area (Å²) >= 11 is 0. The fourth-order valence-electron chi connectivity index (χ4n) is 2.75. The third kappa shape index (κ3) is 4.53. The molecule has 0 unspecified atom stereocenters. The molecule has 2 N–H and O–H groups in total. The van der Waals surface area contributed by atoms with E-state index >= 15 is 0 Å². The van der Waals surface area contributed by atoms with Crippen LogP contribution in [0.1, 0.15) is 25.6 Å². The van der Waals surface area contributed by atoms with Crippen molar-refractivity contribution in [2.75, 3.05) is 0 Å². The summed E-state index contributed by atoms with van der Waals surface area (Å²) < 4.78 is 1.79. The maximum Gasteiger partial charge on any atom is 0.258 e. The van der Waals surface area contributed by atoms with Crippen molar-refractivity contribution in [1.29, 1.82) is 0 Å². The van der Waals surface area contributed by atoms with E-state index in [1.807, 2.05) is 37.4 Å². The number of amides is 1. The number of H-pyrrole nitrogens is 1. The molecule has 0 aliphatic carbocycles. The van der Waals surface area contributed by atoms with Crippen LogP contribution in [0.5, 0.6) is 0 Å². The van der Waals surface area contributed by atoms with Gasteiger partial charge in [-0.05, 0) is 31.5 Å². The van der Waals surface area contributed by atoms with E-state index in [4.69, 9.17) is 0 Å². The number of nitrogens with zero attached hydrogens (tertiary/aromatic N) is 3. The predicted molar refractivity (Wildman–Crippen MR) is 95.1 cm³/mol. The van der Waals surface area contributed by atoms with Crippen molar-refractivity contribution in [3.8, 4) is 0 Å². The van der Waals surface area contributed by atoms with E-state index < -0.39 is 0 Å². The van der Waals surface area contributed by atoms with E-state index in [0.29, 0.717) is 42.5 Å². The number of aromatic amines is 1. The molecule has 0 bridgehead atoms. The summed E-state index contributed by atoms with van der Waals surface area (Å²) in [5, 5.41) is 7.66. The lowest BCUT2D eigenvalue weighted by Gasteiger charge is -2.13. The van der Waals surface area contributed by atoms with Gasteiger partial charge in [0.25, 0.3) is 5.56 Å². The first-order valence-corrected chi connectivity index (χ1v) is 8.36. The van der Waals surface area contributed by atoms with Crippen molar-refractivity contribution in [2.24, 2.45) is 0 Å². The summed E-state index contributed by atoms with van der Waals surface area (Å²) in [5.74, 6) is 0.601. The number of hydrogen-bond acceptors (Lipinski definition) is 4. The second-order valence-electron chi connectivity index (χ2n) is 6.08. The number of benzene rings is 1. The predicted octanol–water partition coefficient (Wildman–Crippen LogP) is 1.65. The highest BCUT2D eigenvalue weighted by atomic mass is 16.1. The minimum absolute atomic E-state index is 0.00556. The van der Waals surface area contributed by atoms with Crippen LogP contribution in [0.25, 0.3) is 10.9 Å². The standard InChI is InChI=1S/C18H21N5O2/c1-13(12-23-11-5-10-19-23)20-17(24)9-4-8-16-21-15-7-3-2-6-14(15)18(25)22-16/h2-3,5-7,10-11,13H,4,8-9,12H2,1H3,(H,20,24)(H,21,22,25)/t13-/m1/s1. The van der Waals surface area contributed by atoms with Crippen LogP contribution in [0.2, 0.25) is 0 Å². The minimum atomic E-state index is -0.141. The highest BCUT2D eigenvalue weighted by molar-refractivity contribution is 5.77. The summed E-state index contributed by atoms with van der Waals surface area (Å²) in [6.07, 6.45) is 5.15. The fraction of sp³-hybridized carbons (Fsp3) is 0.333. The molecule has 1 atom stereocenters. The molecule has 0 fully saturated rings. The van der Waals surface area contributed by atoms with Gasteiger partial charge < -0.3 is 10.3 Å². The Morgan fingerprint density at radius 1 is 1.32 bits per heavy atom. The Labute approximate surface area is 145 Å². The molecule has 7 nitrogen and oxygen atoms in total. The van der Waals surface area contributed by atoms with Crippen LogP contribution >= 0.6 is 0 Å². The van der Waals surface area contributed by atoms with E-state index in [1.54, 1.807) is 16.9 Å². The van der Waals surface area contributed by atoms with Gasteiger partial charge in [-0.25, -0.2) is 4.98 Å². The van der Waals surface area contributed by atoms with Crippen molar-refractivity contribution < 1.29 is 4.79 Å². The molecule has 0 aliphatic rings. The topological polar surface area (TPSA) is 92.7 Å². The number of fused-ring (bicyclic) bond motifs is 1. The first-order valence-electron chi connectivity index (χ1n) is 8.36. The third-order valence-electron chi connectivity index (χ3n) is 3.91. The van der Waals surface area contributed by atoms with E-state index in [1.165, 1.54) is 0 Å². The highest BCUT2D eigenvalue weighted by Crippen LogP contribution is 2.07. The normalized spacial score (nSPS) is 12.2. The summed E-state index contributed by atoms with van der Waals surface area (Å²) in [6, 6.07) is 9.09. The van der Waals surface area contributed by atoms with Crippen LogP contribution in [0.4, 0.5) is 0 Å². The van der Waals surface area contributed by atoms with Gasteiger partial charge in [0.1, 0.15) is 5.82 Å². The number of hydrogen-bond donors (Lipinski definition) is 2. The largest absolute Gasteiger partial charge is 0.352 e. The lowest BCUT2D eigenvalue weighted by Crippen LogP contribution is -2.35. The Morgan fingerprint density at radius 2 is 2.16 bits per heavy atom. The van der Waals surface area contributed by atoms with E-state index in [9.17, 15) is 9.59 Å². The van der Waals surface area contributed by atoms with Crippen LogP contribution in [-0.2, 0) is 17.8 Å². The van der Waals surface area contributed by atoms with Crippen molar-refractivity contribution in [2.45, 2.75) is 38.8 Å². The van der Waals surface area contributed by atoms with Gasteiger partial charge >= 0.3 is 0 Å². The molecule has 3 aromatic rings. The zero-order valence-corrected chi connectivity index (χ0v) is 14.1. The van der Waals surface area contributed by atoms with Crippen LogP contribution in [0.3, 0.4) is 0 Å². The SMILES string of the molecule is C[C@H](Cn1cccn1)NC(=O)CCCc1nc2ccccc2c(=O)[nH]1. The molecule has 2 aromatic heterocycles. The van der Waals surface area contributed by atoms with E-state index in [2.05, 4.69) is 20.4 Å². The van der Waals surface area contributed by atoms with Crippen LogP contribution in [-0.4, -0.2) is 31.7 Å². The highest BCUT2D eigenvalue weighted by Gasteiger charge is 2.09. The zero-order valence-electron chi connectivity index (χ0n) is 14.1. The average molecular weight is 339 g/mol. The first kappa shape index (κ1) is 16.9. The van der Waals surface area contributed by atoms with Crippen molar-refractivity contribution in [3.05, 3.63) is 58.9 Å². The van der Waals surface area contributed by atoms with Gasteiger partial charge in [-0.1, -0.05) is 12.1 Å². The zero-order chi connectivity index (χ0) is 17.6. The number of para-hydroxylation sites is 1. The quantitative estimate of drug-likeness (QED) is 0.684. The Hall–Kier alpha value is -2.96. The number of aryl methyl sites for hydroxylation is 1. The Bertz CT molecular complexity index is 901. The summed E-state index contributed by atoms with van der Waals surface area (Å²) in [7, 11) is 0. The third-order valence-corrected chi connectivity index (χ3v) is 3.91. The molecule has 130 valence electrons. The molecule has 0 saturated heterocycles. The number of nitrogens with one attached hydrogen (secondary N) is 2. The molecule has 1 amide bonds. The maximum absolute atomic E-state index is 12.0. The first-order chi connectivity index (χ1) is 12.1. The van der Waals surface area contributed by atoms with E-state index in [0.717, 1.165) is 0 Å². The number of carbonyl (C=O) groups is 1. The van der Waals surface area contributed by atoms with Crippen molar-refractivity contribution in [1.82, 2.24) is 25.1 Å². The van der Waals surface area contributed by atoms with Crippen LogP contribution < -0.4 is 10.9 Å². The van der Waals surface area contributed by atoms with Crippen LogP contribution in [0, 0.1) is 0 Å². The molecule has 1 aromatic carbocycles. The monoisotopic (exact) mass is 339 g/mol. The van der Waals surface area contributed by atoms with Gasteiger partial charge in [0, 0.05) is 31.3 Å². The molecule has 0 spiro atoms. The lowest BCUT2D eigenvalue weighted by atomic mass is 10.2. The van der Waals surface area contributed by atoms with Gasteiger partial charge in [0.05, 0.1) is 17.4 Å². The Morgan fingerprint density at radius 3 is 2.96 bits per heavy atom. The summed E-state index contributed by atoms with van der Waals surface area (Å²) in [6.45, 7) is 2.58. The van der Waals surface area contributed by atoms with Gasteiger partial charge in [0.2, 0.25) is 5.91 Å². The van der Waals surface area contributed by atoms with Gasteiger partial charge in [0.15, 0.2) is 0 Å². The lowest BCUT2D eigenvalue weighted by molar-refractivity contribution is -0.121. The minimum Gasteiger partial charge on any atom is -0.352 e. The maximum atomic E-state index is 12.0. The van der Waals surface area contributed by atoms with E-state index in [-0.39, 0.29) is 17.5 Å². The second kappa shape index (κ2) is 7.74. The van der Waals surface area contributed by atoms with Crippen molar-refractivity contribution >= 4 is 16.8 Å². The van der Waals surface area contributed by atoms with Gasteiger partial charge in [-0.3, -0.25) is 14.3 Å². The molecular formula is C18H21N5O2. The molecular weight excluding hydrogens is 318 g/mol. The summed E-state index contributed by atoms with van der Waals surface area (Å²) in [5.41, 5.74) is 0.538. The molecule has 2 heterocycles. The fourth-order valence-corrected chi connectivity index (χ4v) is 2.75. The molecule has 7 heteroatoms. The Kier molecular flexibility index (Phi) is 5.23. The number of carbonyl (C=O) groups excluding carboxylic acids is 1. The molecule has 0 saturated carbocycles. The van der Waals surface area contributed by atoms with Gasteiger partial charge in [-0.2, -0.15) is 5.10 Å². The second-order valence-corrected chi connectivity index (χ2v) is 6.08. The summed E-state index contributed by atoms with van der Waals surface area (Å²) in [4.78, 5) is 31.3. The average Bonchev–Trinajstić information content (AvgIpc) is 3.07. The smallest absolute Gasteiger partial charge is 0.258 e. The van der Waals surface area contributed by atoms with Crippen molar-refractivity contribution in [3.63, 3.8) is 0 Å².